The second-order valence-electron chi connectivity index (χ2n) is 6.39. The molecule has 0 saturated heterocycles. The summed E-state index contributed by atoms with van der Waals surface area (Å²) in [5.74, 6) is 0.547. The van der Waals surface area contributed by atoms with E-state index >= 15 is 0 Å². The second-order valence-corrected chi connectivity index (χ2v) is 7.18. The van der Waals surface area contributed by atoms with Gasteiger partial charge in [-0.2, -0.15) is 5.10 Å². The van der Waals surface area contributed by atoms with Crippen LogP contribution in [-0.4, -0.2) is 20.3 Å². The third-order valence-corrected chi connectivity index (χ3v) is 5.16. The van der Waals surface area contributed by atoms with Crippen LogP contribution in [-0.2, 0) is 11.3 Å². The second kappa shape index (κ2) is 7.21. The van der Waals surface area contributed by atoms with Crippen LogP contribution in [0.4, 0.5) is 5.69 Å². The Morgan fingerprint density at radius 1 is 1.11 bits per heavy atom. The molecule has 0 spiro atoms. The molecule has 1 heterocycles. The van der Waals surface area contributed by atoms with Gasteiger partial charge in [0.15, 0.2) is 0 Å². The number of anilines is 1. The highest BCUT2D eigenvalue weighted by Gasteiger charge is 2.31. The van der Waals surface area contributed by atoms with Gasteiger partial charge in [0, 0.05) is 5.92 Å². The quantitative estimate of drug-likeness (QED) is 0.704. The number of aromatic nitrogens is 3. The lowest BCUT2D eigenvalue weighted by atomic mass is 10.3. The summed E-state index contributed by atoms with van der Waals surface area (Å²) in [6.45, 7) is -0.207. The van der Waals surface area contributed by atoms with E-state index in [4.69, 9.17) is 23.2 Å². The number of carbonyl (C=O) groups is 1. The molecule has 4 rings (SSSR count). The van der Waals surface area contributed by atoms with E-state index in [1.807, 2.05) is 30.3 Å². The zero-order valence-electron chi connectivity index (χ0n) is 14.2. The molecule has 6 nitrogen and oxygen atoms in total. The molecule has 0 atom stereocenters. The summed E-state index contributed by atoms with van der Waals surface area (Å²) in [5, 5.41) is 7.69. The fourth-order valence-electron chi connectivity index (χ4n) is 2.88. The van der Waals surface area contributed by atoms with Crippen LogP contribution in [0.3, 0.4) is 0 Å². The van der Waals surface area contributed by atoms with Gasteiger partial charge in [-0.1, -0.05) is 47.5 Å². The number of nitrogens with one attached hydrogen (secondary N) is 1. The molecule has 1 amide bonds. The minimum atomic E-state index is -0.402. The van der Waals surface area contributed by atoms with Gasteiger partial charge in [-0.25, -0.2) is 14.0 Å². The Labute approximate surface area is 165 Å². The molecule has 27 heavy (non-hydrogen) atoms. The van der Waals surface area contributed by atoms with Crippen LogP contribution in [0.2, 0.25) is 10.0 Å². The first kappa shape index (κ1) is 17.8. The Morgan fingerprint density at radius 2 is 1.85 bits per heavy atom. The molecule has 8 heteroatoms. The van der Waals surface area contributed by atoms with Crippen molar-refractivity contribution in [2.24, 2.45) is 0 Å². The number of para-hydroxylation sites is 1. The monoisotopic (exact) mass is 402 g/mol. The van der Waals surface area contributed by atoms with E-state index < -0.39 is 5.91 Å². The average Bonchev–Trinajstić information content (AvgIpc) is 3.45. The highest BCUT2D eigenvalue weighted by atomic mass is 35.5. The highest BCUT2D eigenvalue weighted by molar-refractivity contribution is 6.43. The van der Waals surface area contributed by atoms with Crippen LogP contribution in [0.5, 0.6) is 0 Å². The van der Waals surface area contributed by atoms with Crippen LogP contribution < -0.4 is 11.0 Å². The third-order valence-electron chi connectivity index (χ3n) is 4.34. The summed E-state index contributed by atoms with van der Waals surface area (Å²) in [4.78, 5) is 25.3. The predicted octanol–water partition coefficient (Wildman–Crippen LogP) is 3.86. The third kappa shape index (κ3) is 3.63. The molecule has 3 aromatic rings. The largest absolute Gasteiger partial charge is 0.351 e. The van der Waals surface area contributed by atoms with E-state index in [1.165, 1.54) is 4.68 Å². The zero-order chi connectivity index (χ0) is 19.0. The van der Waals surface area contributed by atoms with Gasteiger partial charge in [0.2, 0.25) is 5.91 Å². The Bertz CT molecular complexity index is 1060. The highest BCUT2D eigenvalue weighted by Crippen LogP contribution is 2.39. The number of benzene rings is 2. The summed E-state index contributed by atoms with van der Waals surface area (Å²) < 4.78 is 2.77. The number of hydrogen-bond donors (Lipinski definition) is 1. The molecule has 1 aliphatic rings. The maximum Gasteiger partial charge on any atom is 0.351 e. The van der Waals surface area contributed by atoms with E-state index in [0.29, 0.717) is 16.5 Å². The maximum atomic E-state index is 12.9. The lowest BCUT2D eigenvalue weighted by Gasteiger charge is -2.07. The van der Waals surface area contributed by atoms with E-state index in [0.717, 1.165) is 18.5 Å². The topological polar surface area (TPSA) is 68.9 Å². The first-order valence-corrected chi connectivity index (χ1v) is 9.29. The molecule has 138 valence electrons. The number of amides is 1. The summed E-state index contributed by atoms with van der Waals surface area (Å²) in [5.41, 5.74) is 0.802. The molecule has 0 radical (unpaired) electrons. The summed E-state index contributed by atoms with van der Waals surface area (Å²) in [6, 6.07) is 14.3. The van der Waals surface area contributed by atoms with Crippen molar-refractivity contribution in [1.82, 2.24) is 14.3 Å². The van der Waals surface area contributed by atoms with Gasteiger partial charge in [-0.05, 0) is 37.1 Å². The molecule has 1 aliphatic carbocycles. The molecule has 1 saturated carbocycles. The number of nitrogens with zero attached hydrogens (tertiary/aromatic N) is 3. The van der Waals surface area contributed by atoms with Crippen LogP contribution in [0.25, 0.3) is 5.69 Å². The van der Waals surface area contributed by atoms with Gasteiger partial charge < -0.3 is 5.32 Å². The Kier molecular flexibility index (Phi) is 4.76. The molecule has 0 unspecified atom stereocenters. The van der Waals surface area contributed by atoms with Crippen LogP contribution in [0.1, 0.15) is 24.6 Å². The molecule has 2 aromatic carbocycles. The van der Waals surface area contributed by atoms with Gasteiger partial charge in [-0.3, -0.25) is 4.79 Å². The van der Waals surface area contributed by atoms with Gasteiger partial charge in [0.1, 0.15) is 12.4 Å². The van der Waals surface area contributed by atoms with E-state index in [1.54, 1.807) is 22.8 Å². The first-order chi connectivity index (χ1) is 13.0. The summed E-state index contributed by atoms with van der Waals surface area (Å²) in [6.07, 6.45) is 1.99. The Hall–Kier alpha value is -2.57. The van der Waals surface area contributed by atoms with Crippen molar-refractivity contribution in [1.29, 1.82) is 0 Å². The van der Waals surface area contributed by atoms with Gasteiger partial charge in [0.25, 0.3) is 0 Å². The minimum Gasteiger partial charge on any atom is -0.323 e. The van der Waals surface area contributed by atoms with Gasteiger partial charge >= 0.3 is 5.69 Å². The number of hydrogen-bond acceptors (Lipinski definition) is 3. The van der Waals surface area contributed by atoms with Crippen LogP contribution in [0.15, 0.2) is 53.3 Å². The van der Waals surface area contributed by atoms with Crippen molar-refractivity contribution in [2.75, 3.05) is 5.32 Å². The van der Waals surface area contributed by atoms with E-state index in [2.05, 4.69) is 10.4 Å². The maximum absolute atomic E-state index is 12.9. The molecule has 1 aromatic heterocycles. The molecule has 1 N–H and O–H groups in total. The molecule has 1 fully saturated rings. The van der Waals surface area contributed by atoms with Crippen molar-refractivity contribution in [3.63, 3.8) is 0 Å². The minimum absolute atomic E-state index is 0.207. The fraction of sp³-hybridized carbons (Fsp3) is 0.211. The smallest absolute Gasteiger partial charge is 0.323 e. The SMILES string of the molecule is O=C(Cn1nc(C2CC2)n(-c2ccccc2)c1=O)Nc1cccc(Cl)c1Cl. The van der Waals surface area contributed by atoms with Crippen LogP contribution >= 0.6 is 23.2 Å². The number of carbonyl (C=O) groups excluding carboxylic acids is 1. The lowest BCUT2D eigenvalue weighted by molar-refractivity contribution is -0.117. The number of rotatable bonds is 5. The first-order valence-electron chi connectivity index (χ1n) is 8.53. The van der Waals surface area contributed by atoms with Crippen molar-refractivity contribution in [3.05, 3.63) is 74.9 Å². The average molecular weight is 403 g/mol. The van der Waals surface area contributed by atoms with Gasteiger partial charge in [-0.15, -0.1) is 0 Å². The Morgan fingerprint density at radius 3 is 2.56 bits per heavy atom. The Balaban J connectivity index is 1.62. The lowest BCUT2D eigenvalue weighted by Crippen LogP contribution is -2.29. The van der Waals surface area contributed by atoms with Gasteiger partial charge in [0.05, 0.1) is 21.4 Å². The number of halogens is 2. The molecular formula is C19H16Cl2N4O2. The van der Waals surface area contributed by atoms with Crippen LogP contribution in [0, 0.1) is 0 Å². The van der Waals surface area contributed by atoms with E-state index in [9.17, 15) is 9.59 Å². The van der Waals surface area contributed by atoms with Crippen molar-refractivity contribution in [2.45, 2.75) is 25.3 Å². The summed E-state index contributed by atoms with van der Waals surface area (Å²) >= 11 is 12.1. The molecule has 0 bridgehead atoms. The predicted molar refractivity (Wildman–Crippen MR) is 105 cm³/mol. The van der Waals surface area contributed by atoms with Crippen molar-refractivity contribution in [3.8, 4) is 5.69 Å². The summed E-state index contributed by atoms with van der Waals surface area (Å²) in [7, 11) is 0. The standard InChI is InChI=1S/C19H16Cl2N4O2/c20-14-7-4-8-15(17(14)21)22-16(26)11-24-19(27)25(13-5-2-1-3-6-13)18(23-24)12-9-10-12/h1-8,12H,9-11H2,(H,22,26). The van der Waals surface area contributed by atoms with Crippen molar-refractivity contribution < 1.29 is 4.79 Å². The molecule has 0 aliphatic heterocycles. The molecular weight excluding hydrogens is 387 g/mol. The normalized spacial score (nSPS) is 13.6. The van der Waals surface area contributed by atoms with E-state index in [-0.39, 0.29) is 23.2 Å². The fourth-order valence-corrected chi connectivity index (χ4v) is 3.23. The zero-order valence-corrected chi connectivity index (χ0v) is 15.7. The van der Waals surface area contributed by atoms with Crippen molar-refractivity contribution >= 4 is 34.8 Å².